The van der Waals surface area contributed by atoms with Crippen LogP contribution in [0.15, 0.2) is 12.1 Å². The quantitative estimate of drug-likeness (QED) is 0.528. The van der Waals surface area contributed by atoms with E-state index in [0.29, 0.717) is 16.6 Å². The monoisotopic (exact) mass is 382 g/mol. The molecule has 3 rings (SSSR count). The lowest BCUT2D eigenvalue weighted by Crippen LogP contribution is -2.39. The highest BCUT2D eigenvalue weighted by Gasteiger charge is 2.20. The van der Waals surface area contributed by atoms with Crippen LogP contribution in [0.3, 0.4) is 0 Å². The Morgan fingerprint density at radius 1 is 1.40 bits per heavy atom. The summed E-state index contributed by atoms with van der Waals surface area (Å²) in [5.74, 6) is 2.14. The first-order valence-electron chi connectivity index (χ1n) is 8.23. The molecule has 0 radical (unpaired) electrons. The van der Waals surface area contributed by atoms with Crippen LogP contribution >= 0.6 is 24.0 Å². The molecule has 7 nitrogen and oxygen atoms in total. The van der Waals surface area contributed by atoms with Gasteiger partial charge < -0.3 is 20.1 Å². The number of fused-ring (bicyclic) bond motifs is 3. The summed E-state index contributed by atoms with van der Waals surface area (Å²) in [7, 11) is 1.90. The van der Waals surface area contributed by atoms with Crippen molar-refractivity contribution in [2.24, 2.45) is 0 Å². The van der Waals surface area contributed by atoms with Gasteiger partial charge in [-0.2, -0.15) is 12.6 Å². The van der Waals surface area contributed by atoms with Gasteiger partial charge in [-0.25, -0.2) is 9.78 Å². The lowest BCUT2D eigenvalue weighted by atomic mass is 10.1. The first kappa shape index (κ1) is 18.1. The number of thiazole rings is 1. The summed E-state index contributed by atoms with van der Waals surface area (Å²) < 4.78 is 11.8. The Balaban J connectivity index is 1.64. The largest absolute Gasteiger partial charge is 0.454 e. The summed E-state index contributed by atoms with van der Waals surface area (Å²) >= 11 is 5.65. The van der Waals surface area contributed by atoms with Crippen LogP contribution in [0.1, 0.15) is 19.3 Å². The first-order chi connectivity index (χ1) is 12.2. The summed E-state index contributed by atoms with van der Waals surface area (Å²) in [6.45, 7) is 1.05. The summed E-state index contributed by atoms with van der Waals surface area (Å²) in [5.41, 5.74) is 0.720. The molecular weight excluding hydrogens is 360 g/mol. The number of anilines is 1. The van der Waals surface area contributed by atoms with Crippen molar-refractivity contribution in [2.45, 2.75) is 25.3 Å². The van der Waals surface area contributed by atoms with Gasteiger partial charge in [-0.3, -0.25) is 5.32 Å². The second-order valence-electron chi connectivity index (χ2n) is 5.72. The standard InChI is InChI=1S/C16H22N4O3S2/c1-17-7-6-10(3-2-8-24)18-15(21)20-16-19-13-12(25-16)5-4-11-14(13)23-9-22-11/h4-5,10,17,24H,2-3,6-9H2,1H3,(H2,18,19,20,21). The van der Waals surface area contributed by atoms with Gasteiger partial charge in [-0.05, 0) is 50.7 Å². The zero-order valence-corrected chi connectivity index (χ0v) is 15.7. The molecule has 2 heterocycles. The van der Waals surface area contributed by atoms with Gasteiger partial charge in [0.1, 0.15) is 5.52 Å². The van der Waals surface area contributed by atoms with Crippen molar-refractivity contribution in [1.29, 1.82) is 0 Å². The van der Waals surface area contributed by atoms with Crippen LogP contribution in [0.2, 0.25) is 0 Å². The molecular formula is C16H22N4O3S2. The molecule has 0 spiro atoms. The van der Waals surface area contributed by atoms with Crippen molar-refractivity contribution in [1.82, 2.24) is 15.6 Å². The summed E-state index contributed by atoms with van der Waals surface area (Å²) in [6, 6.07) is 3.65. The van der Waals surface area contributed by atoms with E-state index < -0.39 is 0 Å². The maximum Gasteiger partial charge on any atom is 0.321 e. The minimum Gasteiger partial charge on any atom is -0.454 e. The van der Waals surface area contributed by atoms with Crippen LogP contribution in [-0.4, -0.2) is 43.2 Å². The fourth-order valence-electron chi connectivity index (χ4n) is 2.67. The third-order valence-corrected chi connectivity index (χ3v) is 5.16. The average molecular weight is 383 g/mol. The predicted octanol–water partition coefficient (Wildman–Crippen LogP) is 2.83. The number of nitrogens with one attached hydrogen (secondary N) is 3. The second kappa shape index (κ2) is 8.59. The molecule has 2 aromatic rings. The lowest BCUT2D eigenvalue weighted by Gasteiger charge is -2.18. The van der Waals surface area contributed by atoms with Gasteiger partial charge in [-0.1, -0.05) is 11.3 Å². The maximum atomic E-state index is 12.3. The number of amides is 2. The number of nitrogens with zero attached hydrogens (tertiary/aromatic N) is 1. The number of carbonyl (C=O) groups is 1. The van der Waals surface area contributed by atoms with E-state index in [2.05, 4.69) is 33.6 Å². The van der Waals surface area contributed by atoms with Crippen LogP contribution in [0.4, 0.5) is 9.93 Å². The van der Waals surface area contributed by atoms with Gasteiger partial charge >= 0.3 is 6.03 Å². The predicted molar refractivity (Wildman–Crippen MR) is 103 cm³/mol. The zero-order chi connectivity index (χ0) is 17.6. The van der Waals surface area contributed by atoms with E-state index >= 15 is 0 Å². The third-order valence-electron chi connectivity index (χ3n) is 3.91. The van der Waals surface area contributed by atoms with E-state index in [-0.39, 0.29) is 18.9 Å². The molecule has 0 saturated carbocycles. The number of hydrogen-bond acceptors (Lipinski definition) is 7. The number of urea groups is 1. The van der Waals surface area contributed by atoms with E-state index in [1.807, 2.05) is 19.2 Å². The Bertz CT molecular complexity index is 729. The molecule has 1 atom stereocenters. The molecule has 1 unspecified atom stereocenters. The van der Waals surface area contributed by atoms with Crippen molar-refractivity contribution in [3.63, 3.8) is 0 Å². The number of ether oxygens (including phenoxy) is 2. The van der Waals surface area contributed by atoms with E-state index in [4.69, 9.17) is 9.47 Å². The zero-order valence-electron chi connectivity index (χ0n) is 14.0. The topological polar surface area (TPSA) is 84.5 Å². The summed E-state index contributed by atoms with van der Waals surface area (Å²) in [5, 5.41) is 9.50. The molecule has 1 aliphatic rings. The van der Waals surface area contributed by atoms with Crippen LogP contribution < -0.4 is 25.4 Å². The number of carbonyl (C=O) groups excluding carboxylic acids is 1. The molecule has 1 aromatic heterocycles. The Kier molecular flexibility index (Phi) is 6.22. The van der Waals surface area contributed by atoms with Crippen LogP contribution in [0, 0.1) is 0 Å². The number of benzene rings is 1. The number of aromatic nitrogens is 1. The van der Waals surface area contributed by atoms with Crippen molar-refractivity contribution < 1.29 is 14.3 Å². The van der Waals surface area contributed by atoms with Gasteiger partial charge in [-0.15, -0.1) is 0 Å². The summed E-state index contributed by atoms with van der Waals surface area (Å²) in [4.78, 5) is 16.8. The Labute approximate surface area is 155 Å². The average Bonchev–Trinajstić information content (AvgIpc) is 3.22. The number of hydrogen-bond donors (Lipinski definition) is 4. The van der Waals surface area contributed by atoms with Crippen molar-refractivity contribution in [2.75, 3.05) is 31.5 Å². The van der Waals surface area contributed by atoms with E-state index in [1.165, 1.54) is 11.3 Å². The van der Waals surface area contributed by atoms with Gasteiger partial charge in [0.15, 0.2) is 16.6 Å². The molecule has 25 heavy (non-hydrogen) atoms. The molecule has 0 saturated heterocycles. The van der Waals surface area contributed by atoms with Crippen molar-refractivity contribution in [3.05, 3.63) is 12.1 Å². The van der Waals surface area contributed by atoms with E-state index in [0.717, 1.165) is 41.8 Å². The van der Waals surface area contributed by atoms with E-state index in [9.17, 15) is 4.79 Å². The number of thiol groups is 1. The minimum absolute atomic E-state index is 0.106. The minimum atomic E-state index is -0.242. The Hall–Kier alpha value is -1.71. The second-order valence-corrected chi connectivity index (χ2v) is 7.20. The van der Waals surface area contributed by atoms with Crippen molar-refractivity contribution >= 4 is 45.3 Å². The fraction of sp³-hybridized carbons (Fsp3) is 0.500. The fourth-order valence-corrected chi connectivity index (χ4v) is 3.72. The van der Waals surface area contributed by atoms with Gasteiger partial charge in [0.05, 0.1) is 4.70 Å². The molecule has 2 amide bonds. The van der Waals surface area contributed by atoms with Gasteiger partial charge in [0, 0.05) is 6.04 Å². The molecule has 0 fully saturated rings. The lowest BCUT2D eigenvalue weighted by molar-refractivity contribution is 0.174. The smallest absolute Gasteiger partial charge is 0.321 e. The molecule has 136 valence electrons. The highest BCUT2D eigenvalue weighted by atomic mass is 32.1. The highest BCUT2D eigenvalue weighted by Crippen LogP contribution is 2.41. The van der Waals surface area contributed by atoms with Crippen molar-refractivity contribution in [3.8, 4) is 11.5 Å². The maximum absolute atomic E-state index is 12.3. The number of rotatable bonds is 8. The van der Waals surface area contributed by atoms with Crippen LogP contribution in [-0.2, 0) is 0 Å². The molecule has 0 bridgehead atoms. The normalized spacial score (nSPS) is 13.8. The molecule has 9 heteroatoms. The molecule has 3 N–H and O–H groups in total. The van der Waals surface area contributed by atoms with Gasteiger partial charge in [0.25, 0.3) is 0 Å². The SMILES string of the molecule is CNCCC(CCCS)NC(=O)Nc1nc2c3c(ccc2s1)OCO3. The van der Waals surface area contributed by atoms with E-state index in [1.54, 1.807) is 0 Å². The Morgan fingerprint density at radius 3 is 3.08 bits per heavy atom. The highest BCUT2D eigenvalue weighted by molar-refractivity contribution is 7.80. The van der Waals surface area contributed by atoms with Gasteiger partial charge in [0.2, 0.25) is 6.79 Å². The molecule has 1 aliphatic heterocycles. The molecule has 1 aromatic carbocycles. The van der Waals surface area contributed by atoms with Crippen LogP contribution in [0.5, 0.6) is 11.5 Å². The first-order valence-corrected chi connectivity index (χ1v) is 9.68. The Morgan fingerprint density at radius 2 is 2.28 bits per heavy atom. The third kappa shape index (κ3) is 4.47. The van der Waals surface area contributed by atoms with Crippen LogP contribution in [0.25, 0.3) is 10.2 Å². The molecule has 0 aliphatic carbocycles. The summed E-state index contributed by atoms with van der Waals surface area (Å²) in [6.07, 6.45) is 2.73.